The molecule has 0 aliphatic carbocycles. The van der Waals surface area contributed by atoms with E-state index in [4.69, 9.17) is 14.1 Å². The molecular formula is C25H21BrN2O3. The standard InChI is InChI=1S/C25H21BrN2O3/c1-30-22-7-3-2-5-19(22)17-10-13-23-20(15-17)27-24(31-23)21-6-4-14-28(21)25(29)16-8-11-18(26)12-9-16/h2-3,5,7-13,15,21H,4,6,14H2,1H3/t21-/m0/s1. The molecule has 1 aliphatic rings. The fourth-order valence-corrected chi connectivity index (χ4v) is 4.43. The summed E-state index contributed by atoms with van der Waals surface area (Å²) in [6.45, 7) is 0.699. The number of oxazole rings is 1. The highest BCUT2D eigenvalue weighted by molar-refractivity contribution is 9.10. The van der Waals surface area contributed by atoms with Crippen molar-refractivity contribution in [3.05, 3.63) is 82.7 Å². The minimum atomic E-state index is -0.154. The third-order valence-corrected chi connectivity index (χ3v) is 6.24. The van der Waals surface area contributed by atoms with Gasteiger partial charge in [0, 0.05) is 22.1 Å². The Morgan fingerprint density at radius 3 is 2.74 bits per heavy atom. The average Bonchev–Trinajstić information content (AvgIpc) is 3.45. The number of para-hydroxylation sites is 1. The molecule has 0 radical (unpaired) electrons. The zero-order chi connectivity index (χ0) is 21.4. The predicted molar refractivity (Wildman–Crippen MR) is 123 cm³/mol. The van der Waals surface area contributed by atoms with Crippen LogP contribution in [0.1, 0.15) is 35.1 Å². The van der Waals surface area contributed by atoms with E-state index in [2.05, 4.69) is 15.9 Å². The number of amides is 1. The van der Waals surface area contributed by atoms with Crippen molar-refractivity contribution in [3.8, 4) is 16.9 Å². The van der Waals surface area contributed by atoms with Crippen molar-refractivity contribution in [2.24, 2.45) is 0 Å². The molecule has 1 amide bonds. The lowest BCUT2D eigenvalue weighted by Gasteiger charge is -2.22. The molecule has 0 unspecified atom stereocenters. The second-order valence-electron chi connectivity index (χ2n) is 7.60. The van der Waals surface area contributed by atoms with Crippen LogP contribution in [0.3, 0.4) is 0 Å². The summed E-state index contributed by atoms with van der Waals surface area (Å²) in [4.78, 5) is 19.7. The summed E-state index contributed by atoms with van der Waals surface area (Å²) in [5, 5.41) is 0. The van der Waals surface area contributed by atoms with Gasteiger partial charge in [0.2, 0.25) is 5.89 Å². The molecule has 156 valence electrons. The van der Waals surface area contributed by atoms with Crippen LogP contribution in [-0.2, 0) is 0 Å². The zero-order valence-electron chi connectivity index (χ0n) is 17.0. The van der Waals surface area contributed by atoms with Crippen molar-refractivity contribution in [1.29, 1.82) is 0 Å². The topological polar surface area (TPSA) is 55.6 Å². The fourth-order valence-electron chi connectivity index (χ4n) is 4.16. The molecule has 0 N–H and O–H groups in total. The first-order chi connectivity index (χ1) is 15.1. The van der Waals surface area contributed by atoms with Crippen molar-refractivity contribution in [1.82, 2.24) is 9.88 Å². The smallest absolute Gasteiger partial charge is 0.254 e. The van der Waals surface area contributed by atoms with E-state index >= 15 is 0 Å². The number of likely N-dealkylation sites (tertiary alicyclic amines) is 1. The second kappa shape index (κ2) is 8.19. The van der Waals surface area contributed by atoms with E-state index in [-0.39, 0.29) is 11.9 Å². The Balaban J connectivity index is 1.47. The molecule has 0 bridgehead atoms. The molecular weight excluding hydrogens is 456 g/mol. The summed E-state index contributed by atoms with van der Waals surface area (Å²) in [6.07, 6.45) is 1.77. The Bertz CT molecular complexity index is 1250. The second-order valence-corrected chi connectivity index (χ2v) is 8.51. The molecule has 31 heavy (non-hydrogen) atoms. The van der Waals surface area contributed by atoms with Crippen LogP contribution >= 0.6 is 15.9 Å². The molecule has 3 aromatic carbocycles. The van der Waals surface area contributed by atoms with Crippen LogP contribution < -0.4 is 4.74 Å². The number of benzene rings is 3. The summed E-state index contributed by atoms with van der Waals surface area (Å²) < 4.78 is 12.5. The fraction of sp³-hybridized carbons (Fsp3) is 0.200. The highest BCUT2D eigenvalue weighted by atomic mass is 79.9. The highest BCUT2D eigenvalue weighted by Crippen LogP contribution is 2.36. The van der Waals surface area contributed by atoms with Gasteiger partial charge in [0.05, 0.1) is 7.11 Å². The molecule has 6 heteroatoms. The molecule has 1 atom stereocenters. The maximum Gasteiger partial charge on any atom is 0.254 e. The van der Waals surface area contributed by atoms with Gasteiger partial charge in [-0.15, -0.1) is 0 Å². The Hall–Kier alpha value is -3.12. The van der Waals surface area contributed by atoms with Crippen LogP contribution in [0, 0.1) is 0 Å². The Morgan fingerprint density at radius 1 is 1.13 bits per heavy atom. The normalized spacial score (nSPS) is 16.1. The number of hydrogen-bond acceptors (Lipinski definition) is 4. The van der Waals surface area contributed by atoms with Crippen molar-refractivity contribution in [3.63, 3.8) is 0 Å². The largest absolute Gasteiger partial charge is 0.496 e. The maximum atomic E-state index is 13.1. The quantitative estimate of drug-likeness (QED) is 0.349. The Morgan fingerprint density at radius 2 is 1.94 bits per heavy atom. The number of aromatic nitrogens is 1. The summed E-state index contributed by atoms with van der Waals surface area (Å²) in [5.74, 6) is 1.41. The van der Waals surface area contributed by atoms with Crippen LogP contribution in [0.25, 0.3) is 22.2 Å². The molecule has 0 spiro atoms. The van der Waals surface area contributed by atoms with Gasteiger partial charge in [-0.2, -0.15) is 0 Å². The van der Waals surface area contributed by atoms with E-state index in [1.165, 1.54) is 0 Å². The predicted octanol–water partition coefficient (Wildman–Crippen LogP) is 6.24. The van der Waals surface area contributed by atoms with Crippen molar-refractivity contribution >= 4 is 32.9 Å². The van der Waals surface area contributed by atoms with Gasteiger partial charge in [-0.1, -0.05) is 40.2 Å². The van der Waals surface area contributed by atoms with E-state index in [0.29, 0.717) is 18.0 Å². The van der Waals surface area contributed by atoms with E-state index in [1.54, 1.807) is 7.11 Å². The van der Waals surface area contributed by atoms with Crippen molar-refractivity contribution in [2.75, 3.05) is 13.7 Å². The monoisotopic (exact) mass is 476 g/mol. The first-order valence-corrected chi connectivity index (χ1v) is 11.0. The number of ether oxygens (including phenoxy) is 1. The summed E-state index contributed by atoms with van der Waals surface area (Å²) in [6, 6.07) is 21.2. The third-order valence-electron chi connectivity index (χ3n) is 5.71. The van der Waals surface area contributed by atoms with Gasteiger partial charge in [-0.3, -0.25) is 4.79 Å². The van der Waals surface area contributed by atoms with Gasteiger partial charge in [-0.05, 0) is 60.9 Å². The number of rotatable bonds is 4. The van der Waals surface area contributed by atoms with E-state index in [0.717, 1.165) is 45.3 Å². The molecule has 1 saturated heterocycles. The zero-order valence-corrected chi connectivity index (χ0v) is 18.6. The first-order valence-electron chi connectivity index (χ1n) is 10.2. The number of halogens is 1. The summed E-state index contributed by atoms with van der Waals surface area (Å²) in [5.41, 5.74) is 4.19. The van der Waals surface area contributed by atoms with Gasteiger partial charge in [0.15, 0.2) is 5.58 Å². The number of methoxy groups -OCH3 is 1. The minimum Gasteiger partial charge on any atom is -0.496 e. The number of carbonyl (C=O) groups excluding carboxylic acids is 1. The Labute approximate surface area is 188 Å². The number of fused-ring (bicyclic) bond motifs is 1. The molecule has 1 aliphatic heterocycles. The molecule has 2 heterocycles. The molecule has 5 rings (SSSR count). The van der Waals surface area contributed by atoms with Crippen LogP contribution in [0.2, 0.25) is 0 Å². The van der Waals surface area contributed by atoms with Gasteiger partial charge in [0.25, 0.3) is 5.91 Å². The van der Waals surface area contributed by atoms with Crippen LogP contribution in [0.5, 0.6) is 5.75 Å². The van der Waals surface area contributed by atoms with Crippen LogP contribution in [-0.4, -0.2) is 29.4 Å². The first kappa shape index (κ1) is 19.8. The van der Waals surface area contributed by atoms with E-state index in [9.17, 15) is 4.79 Å². The van der Waals surface area contributed by atoms with Gasteiger partial charge >= 0.3 is 0 Å². The number of carbonyl (C=O) groups is 1. The van der Waals surface area contributed by atoms with Crippen molar-refractivity contribution < 1.29 is 13.9 Å². The molecule has 4 aromatic rings. The number of hydrogen-bond donors (Lipinski definition) is 0. The summed E-state index contributed by atoms with van der Waals surface area (Å²) in [7, 11) is 1.67. The highest BCUT2D eigenvalue weighted by Gasteiger charge is 2.34. The number of nitrogens with zero attached hydrogens (tertiary/aromatic N) is 2. The van der Waals surface area contributed by atoms with Gasteiger partial charge in [-0.25, -0.2) is 4.98 Å². The lowest BCUT2D eigenvalue weighted by molar-refractivity contribution is 0.0717. The third kappa shape index (κ3) is 3.72. The lowest BCUT2D eigenvalue weighted by atomic mass is 10.0. The Kier molecular flexibility index (Phi) is 5.24. The molecule has 0 saturated carbocycles. The van der Waals surface area contributed by atoms with Gasteiger partial charge < -0.3 is 14.1 Å². The van der Waals surface area contributed by atoms with Gasteiger partial charge in [0.1, 0.15) is 17.3 Å². The molecule has 1 aromatic heterocycles. The maximum absolute atomic E-state index is 13.1. The van der Waals surface area contributed by atoms with Crippen LogP contribution in [0.4, 0.5) is 0 Å². The minimum absolute atomic E-state index is 0.00645. The van der Waals surface area contributed by atoms with Crippen molar-refractivity contribution in [2.45, 2.75) is 18.9 Å². The van der Waals surface area contributed by atoms with E-state index < -0.39 is 0 Å². The summed E-state index contributed by atoms with van der Waals surface area (Å²) >= 11 is 3.42. The van der Waals surface area contributed by atoms with E-state index in [1.807, 2.05) is 71.6 Å². The lowest BCUT2D eigenvalue weighted by Crippen LogP contribution is -2.30. The SMILES string of the molecule is COc1ccccc1-c1ccc2oc([C@@H]3CCCN3C(=O)c3ccc(Br)cc3)nc2c1. The molecule has 5 nitrogen and oxygen atoms in total. The molecule has 1 fully saturated rings. The average molecular weight is 477 g/mol. The van der Waals surface area contributed by atoms with Crippen LogP contribution in [0.15, 0.2) is 75.6 Å².